The number of hydrogen-bond acceptors (Lipinski definition) is 5. The van der Waals surface area contributed by atoms with Crippen molar-refractivity contribution in [2.75, 3.05) is 29.9 Å². The normalized spacial score (nSPS) is 14.7. The fourth-order valence-electron chi connectivity index (χ4n) is 3.03. The molecule has 0 saturated carbocycles. The lowest BCUT2D eigenvalue weighted by Gasteiger charge is -2.31. The molecule has 0 atom stereocenters. The topological polar surface area (TPSA) is 87.2 Å². The number of rotatable bonds is 4. The number of piperidine rings is 1. The fourth-order valence-corrected chi connectivity index (χ4v) is 3.21. The highest BCUT2D eigenvalue weighted by molar-refractivity contribution is 6.40. The van der Waals surface area contributed by atoms with Crippen molar-refractivity contribution >= 4 is 35.1 Å². The minimum absolute atomic E-state index is 0.328. The predicted octanol–water partition coefficient (Wildman–Crippen LogP) is 2.41. The number of halogens is 1. The van der Waals surface area contributed by atoms with E-state index < -0.39 is 11.8 Å². The first-order valence-corrected chi connectivity index (χ1v) is 9.28. The second-order valence-corrected chi connectivity index (χ2v) is 6.96. The van der Waals surface area contributed by atoms with E-state index in [-0.39, 0.29) is 0 Å². The molecule has 1 aliphatic heterocycles. The fraction of sp³-hybridized carbons (Fsp3) is 0.368. The van der Waals surface area contributed by atoms with Crippen LogP contribution in [0.25, 0.3) is 0 Å². The van der Waals surface area contributed by atoms with Crippen molar-refractivity contribution in [3.63, 3.8) is 0 Å². The van der Waals surface area contributed by atoms with Crippen molar-refractivity contribution in [1.29, 1.82) is 0 Å². The standard InChI is InChI=1S/C19H22ClN5O2/c1-13-15(20)4-2-5-16(13)24-18(27)17(26)23-12-14-6-10-25(11-7-14)19-21-8-3-9-22-19/h2-5,8-9,14H,6-7,10-12H2,1H3,(H,23,26)(H,24,27). The van der Waals surface area contributed by atoms with Crippen molar-refractivity contribution in [1.82, 2.24) is 15.3 Å². The SMILES string of the molecule is Cc1c(Cl)cccc1NC(=O)C(=O)NCC1CCN(c2ncccn2)CC1. The van der Waals surface area contributed by atoms with Crippen LogP contribution in [0.15, 0.2) is 36.7 Å². The van der Waals surface area contributed by atoms with Gasteiger partial charge < -0.3 is 15.5 Å². The van der Waals surface area contributed by atoms with Crippen LogP contribution in [0.4, 0.5) is 11.6 Å². The van der Waals surface area contributed by atoms with Crippen molar-refractivity contribution in [3.05, 3.63) is 47.2 Å². The van der Waals surface area contributed by atoms with Gasteiger partial charge in [-0.05, 0) is 49.4 Å². The molecule has 2 amide bonds. The van der Waals surface area contributed by atoms with E-state index in [1.807, 2.05) is 0 Å². The smallest absolute Gasteiger partial charge is 0.313 e. The second-order valence-electron chi connectivity index (χ2n) is 6.56. The van der Waals surface area contributed by atoms with E-state index >= 15 is 0 Å². The number of amides is 2. The number of anilines is 2. The third-order valence-corrected chi connectivity index (χ3v) is 5.13. The number of carbonyl (C=O) groups excluding carboxylic acids is 2. The molecule has 3 rings (SSSR count). The zero-order valence-corrected chi connectivity index (χ0v) is 15.9. The van der Waals surface area contributed by atoms with Gasteiger partial charge in [0.05, 0.1) is 0 Å². The third kappa shape index (κ3) is 4.95. The molecule has 8 heteroatoms. The van der Waals surface area contributed by atoms with Gasteiger partial charge in [0.25, 0.3) is 0 Å². The van der Waals surface area contributed by atoms with Crippen LogP contribution in [0.1, 0.15) is 18.4 Å². The van der Waals surface area contributed by atoms with Gasteiger partial charge in [-0.1, -0.05) is 17.7 Å². The van der Waals surface area contributed by atoms with Gasteiger partial charge in [-0.3, -0.25) is 9.59 Å². The average molecular weight is 388 g/mol. The molecule has 0 bridgehead atoms. The molecule has 0 aliphatic carbocycles. The minimum Gasteiger partial charge on any atom is -0.348 e. The van der Waals surface area contributed by atoms with Crippen molar-refractivity contribution in [2.24, 2.45) is 5.92 Å². The van der Waals surface area contributed by atoms with Crippen LogP contribution >= 0.6 is 11.6 Å². The molecule has 2 heterocycles. The Morgan fingerprint density at radius 3 is 2.56 bits per heavy atom. The van der Waals surface area contributed by atoms with E-state index in [4.69, 9.17) is 11.6 Å². The van der Waals surface area contributed by atoms with Crippen LogP contribution in [-0.4, -0.2) is 41.4 Å². The predicted molar refractivity (Wildman–Crippen MR) is 105 cm³/mol. The van der Waals surface area contributed by atoms with Crippen LogP contribution in [0.3, 0.4) is 0 Å². The lowest BCUT2D eigenvalue weighted by Crippen LogP contribution is -2.42. The maximum atomic E-state index is 12.1. The molecule has 1 aromatic carbocycles. The quantitative estimate of drug-likeness (QED) is 0.786. The van der Waals surface area contributed by atoms with Crippen LogP contribution < -0.4 is 15.5 Å². The summed E-state index contributed by atoms with van der Waals surface area (Å²) in [6.45, 7) is 3.93. The van der Waals surface area contributed by atoms with E-state index in [0.29, 0.717) is 23.2 Å². The lowest BCUT2D eigenvalue weighted by molar-refractivity contribution is -0.136. The van der Waals surface area contributed by atoms with Crippen molar-refractivity contribution in [3.8, 4) is 0 Å². The molecule has 0 spiro atoms. The molecule has 0 radical (unpaired) electrons. The molecule has 1 aromatic heterocycles. The summed E-state index contributed by atoms with van der Waals surface area (Å²) >= 11 is 6.03. The molecule has 0 unspecified atom stereocenters. The average Bonchev–Trinajstić information content (AvgIpc) is 2.70. The Labute approximate surface area is 163 Å². The third-order valence-electron chi connectivity index (χ3n) is 4.72. The Morgan fingerprint density at radius 2 is 1.85 bits per heavy atom. The largest absolute Gasteiger partial charge is 0.348 e. The minimum atomic E-state index is -0.685. The molecule has 1 fully saturated rings. The first kappa shape index (κ1) is 19.1. The van der Waals surface area contributed by atoms with Gasteiger partial charge in [0.1, 0.15) is 0 Å². The summed E-state index contributed by atoms with van der Waals surface area (Å²) in [5, 5.41) is 5.88. The van der Waals surface area contributed by atoms with Gasteiger partial charge in [0.2, 0.25) is 5.95 Å². The van der Waals surface area contributed by atoms with Gasteiger partial charge in [-0.15, -0.1) is 0 Å². The van der Waals surface area contributed by atoms with Gasteiger partial charge in [0, 0.05) is 42.7 Å². The summed E-state index contributed by atoms with van der Waals surface area (Å²) in [4.78, 5) is 34.8. The highest BCUT2D eigenvalue weighted by Gasteiger charge is 2.22. The summed E-state index contributed by atoms with van der Waals surface area (Å²) in [6, 6.07) is 6.97. The first-order chi connectivity index (χ1) is 13.0. The van der Waals surface area contributed by atoms with E-state index in [1.54, 1.807) is 43.6 Å². The molecule has 1 aliphatic rings. The van der Waals surface area contributed by atoms with Gasteiger partial charge in [0.15, 0.2) is 0 Å². The van der Waals surface area contributed by atoms with Crippen LogP contribution in [0.2, 0.25) is 5.02 Å². The van der Waals surface area contributed by atoms with E-state index in [1.165, 1.54) is 0 Å². The van der Waals surface area contributed by atoms with E-state index in [0.717, 1.165) is 37.4 Å². The van der Waals surface area contributed by atoms with E-state index in [2.05, 4.69) is 25.5 Å². The zero-order valence-electron chi connectivity index (χ0n) is 15.1. The van der Waals surface area contributed by atoms with E-state index in [9.17, 15) is 9.59 Å². The molecule has 2 N–H and O–H groups in total. The molecule has 27 heavy (non-hydrogen) atoms. The summed E-state index contributed by atoms with van der Waals surface area (Å²) in [5.41, 5.74) is 1.27. The number of hydrogen-bond donors (Lipinski definition) is 2. The summed E-state index contributed by atoms with van der Waals surface area (Å²) < 4.78 is 0. The summed E-state index contributed by atoms with van der Waals surface area (Å²) in [6.07, 6.45) is 5.28. The van der Waals surface area contributed by atoms with Gasteiger partial charge >= 0.3 is 11.8 Å². The Morgan fingerprint density at radius 1 is 1.15 bits per heavy atom. The Hall–Kier alpha value is -2.67. The number of nitrogens with one attached hydrogen (secondary N) is 2. The summed E-state index contributed by atoms with van der Waals surface area (Å²) in [7, 11) is 0. The Bertz CT molecular complexity index is 807. The van der Waals surface area contributed by atoms with Gasteiger partial charge in [-0.25, -0.2) is 9.97 Å². The zero-order chi connectivity index (χ0) is 19.2. The van der Waals surface area contributed by atoms with Crippen LogP contribution in [-0.2, 0) is 9.59 Å². The second kappa shape index (κ2) is 8.81. The number of aromatic nitrogens is 2. The molecule has 2 aromatic rings. The maximum Gasteiger partial charge on any atom is 0.313 e. The maximum absolute atomic E-state index is 12.1. The molecule has 7 nitrogen and oxygen atoms in total. The Balaban J connectivity index is 1.44. The monoisotopic (exact) mass is 387 g/mol. The number of carbonyl (C=O) groups is 2. The highest BCUT2D eigenvalue weighted by Crippen LogP contribution is 2.23. The molecular formula is C19H22ClN5O2. The van der Waals surface area contributed by atoms with Crippen LogP contribution in [0.5, 0.6) is 0 Å². The highest BCUT2D eigenvalue weighted by atomic mass is 35.5. The lowest BCUT2D eigenvalue weighted by atomic mass is 9.97. The molecule has 1 saturated heterocycles. The number of benzene rings is 1. The van der Waals surface area contributed by atoms with Crippen molar-refractivity contribution < 1.29 is 9.59 Å². The molecule has 142 valence electrons. The number of nitrogens with zero attached hydrogens (tertiary/aromatic N) is 3. The van der Waals surface area contributed by atoms with Crippen molar-refractivity contribution in [2.45, 2.75) is 19.8 Å². The molecular weight excluding hydrogens is 366 g/mol. The Kier molecular flexibility index (Phi) is 6.24. The first-order valence-electron chi connectivity index (χ1n) is 8.91. The van der Waals surface area contributed by atoms with Gasteiger partial charge in [-0.2, -0.15) is 0 Å². The summed E-state index contributed by atoms with van der Waals surface area (Å²) in [5.74, 6) is -0.260. The van der Waals surface area contributed by atoms with Crippen LogP contribution in [0, 0.1) is 12.8 Å².